The fourth-order valence-electron chi connectivity index (χ4n) is 2.50. The summed E-state index contributed by atoms with van der Waals surface area (Å²) < 4.78 is 0. The minimum Gasteiger partial charge on any atom is -0.333 e. The Labute approximate surface area is 97.8 Å². The maximum Gasteiger partial charge on any atom is 0.317 e. The summed E-state index contributed by atoms with van der Waals surface area (Å²) in [6, 6.07) is 1.09. The van der Waals surface area contributed by atoms with Crippen molar-refractivity contribution in [3.63, 3.8) is 0 Å². The summed E-state index contributed by atoms with van der Waals surface area (Å²) in [4.78, 5) is 13.7. The number of nitrogens with one attached hydrogen (secondary N) is 2. The van der Waals surface area contributed by atoms with E-state index in [2.05, 4.69) is 24.5 Å². The van der Waals surface area contributed by atoms with Crippen molar-refractivity contribution < 1.29 is 4.79 Å². The summed E-state index contributed by atoms with van der Waals surface area (Å²) in [5.74, 6) is 0.526. The first-order chi connectivity index (χ1) is 7.66. The predicted octanol–water partition coefficient (Wildman–Crippen LogP) is 1.18. The molecular weight excluding hydrogens is 202 g/mol. The first-order valence-corrected chi connectivity index (χ1v) is 6.45. The van der Waals surface area contributed by atoms with Crippen LogP contribution in [0.15, 0.2) is 0 Å². The maximum absolute atomic E-state index is 11.7. The van der Waals surface area contributed by atoms with Crippen molar-refractivity contribution in [2.45, 2.75) is 45.2 Å². The minimum absolute atomic E-state index is 0.122. The molecule has 0 spiro atoms. The van der Waals surface area contributed by atoms with E-state index < -0.39 is 0 Å². The molecule has 16 heavy (non-hydrogen) atoms. The summed E-state index contributed by atoms with van der Waals surface area (Å²) in [6.07, 6.45) is 3.65. The Bertz CT molecular complexity index is 249. The maximum atomic E-state index is 11.7. The quantitative estimate of drug-likeness (QED) is 0.754. The molecule has 2 rings (SSSR count). The molecule has 2 aliphatic rings. The van der Waals surface area contributed by atoms with Gasteiger partial charge in [0.25, 0.3) is 0 Å². The number of hydrogen-bond acceptors (Lipinski definition) is 2. The molecule has 0 aromatic rings. The van der Waals surface area contributed by atoms with Crippen LogP contribution in [0.5, 0.6) is 0 Å². The van der Waals surface area contributed by atoms with Gasteiger partial charge in [0.05, 0.1) is 6.04 Å². The lowest BCUT2D eigenvalue weighted by Crippen LogP contribution is -2.33. The van der Waals surface area contributed by atoms with E-state index in [0.29, 0.717) is 18.0 Å². The van der Waals surface area contributed by atoms with Crippen molar-refractivity contribution >= 4 is 6.03 Å². The van der Waals surface area contributed by atoms with Crippen LogP contribution in [0.25, 0.3) is 0 Å². The molecule has 2 saturated heterocycles. The highest BCUT2D eigenvalue weighted by atomic mass is 16.2. The fourth-order valence-corrected chi connectivity index (χ4v) is 2.50. The number of hydrogen-bond donors (Lipinski definition) is 2. The van der Waals surface area contributed by atoms with Crippen LogP contribution in [-0.4, -0.2) is 42.6 Å². The third-order valence-corrected chi connectivity index (χ3v) is 3.73. The van der Waals surface area contributed by atoms with Crippen LogP contribution >= 0.6 is 0 Å². The van der Waals surface area contributed by atoms with Crippen molar-refractivity contribution in [1.29, 1.82) is 0 Å². The van der Waals surface area contributed by atoms with Gasteiger partial charge in [0.2, 0.25) is 0 Å². The number of nitrogens with zero attached hydrogens (tertiary/aromatic N) is 1. The van der Waals surface area contributed by atoms with Gasteiger partial charge in [-0.3, -0.25) is 0 Å². The molecule has 0 aliphatic carbocycles. The Morgan fingerprint density at radius 3 is 2.88 bits per heavy atom. The Morgan fingerprint density at radius 1 is 1.50 bits per heavy atom. The van der Waals surface area contributed by atoms with Gasteiger partial charge in [0, 0.05) is 19.1 Å². The largest absolute Gasteiger partial charge is 0.333 e. The monoisotopic (exact) mass is 225 g/mol. The second-order valence-electron chi connectivity index (χ2n) is 5.33. The SMILES string of the molecule is CC(C)C1CN(CCC2CCCN2)C(=O)N1. The van der Waals surface area contributed by atoms with E-state index in [0.717, 1.165) is 26.1 Å². The second-order valence-corrected chi connectivity index (χ2v) is 5.33. The van der Waals surface area contributed by atoms with Gasteiger partial charge in [0.1, 0.15) is 0 Å². The molecule has 2 fully saturated rings. The summed E-state index contributed by atoms with van der Waals surface area (Å²) in [6.45, 7) is 7.24. The molecule has 0 aromatic heterocycles. The molecule has 2 aliphatic heterocycles. The first-order valence-electron chi connectivity index (χ1n) is 6.45. The van der Waals surface area contributed by atoms with Gasteiger partial charge in [-0.2, -0.15) is 0 Å². The van der Waals surface area contributed by atoms with E-state index in [1.54, 1.807) is 0 Å². The Morgan fingerprint density at radius 2 is 2.31 bits per heavy atom. The van der Waals surface area contributed by atoms with Crippen molar-refractivity contribution in [3.8, 4) is 0 Å². The molecule has 0 bridgehead atoms. The molecular formula is C12H23N3O. The zero-order valence-electron chi connectivity index (χ0n) is 10.3. The second kappa shape index (κ2) is 5.04. The molecule has 0 radical (unpaired) electrons. The summed E-state index contributed by atoms with van der Waals surface area (Å²) in [5, 5.41) is 6.52. The van der Waals surface area contributed by atoms with Crippen LogP contribution in [0, 0.1) is 5.92 Å². The van der Waals surface area contributed by atoms with E-state index in [1.807, 2.05) is 4.90 Å². The Kier molecular flexibility index (Phi) is 3.69. The summed E-state index contributed by atoms with van der Waals surface area (Å²) >= 11 is 0. The highest BCUT2D eigenvalue weighted by Crippen LogP contribution is 2.14. The van der Waals surface area contributed by atoms with Crippen LogP contribution in [-0.2, 0) is 0 Å². The number of urea groups is 1. The first kappa shape index (κ1) is 11.7. The standard InChI is InChI=1S/C12H23N3O/c1-9(2)11-8-15(12(16)14-11)7-5-10-4-3-6-13-10/h9-11,13H,3-8H2,1-2H3,(H,14,16). The van der Waals surface area contributed by atoms with Crippen molar-refractivity contribution in [2.24, 2.45) is 5.92 Å². The normalized spacial score (nSPS) is 30.2. The highest BCUT2D eigenvalue weighted by molar-refractivity contribution is 5.76. The van der Waals surface area contributed by atoms with Gasteiger partial charge in [-0.1, -0.05) is 13.8 Å². The topological polar surface area (TPSA) is 44.4 Å². The molecule has 4 nitrogen and oxygen atoms in total. The number of amides is 2. The van der Waals surface area contributed by atoms with Gasteiger partial charge in [-0.05, 0) is 31.7 Å². The molecule has 0 saturated carbocycles. The van der Waals surface area contributed by atoms with Crippen LogP contribution < -0.4 is 10.6 Å². The number of carbonyl (C=O) groups is 1. The van der Waals surface area contributed by atoms with Crippen molar-refractivity contribution in [2.75, 3.05) is 19.6 Å². The number of carbonyl (C=O) groups excluding carboxylic acids is 1. The average Bonchev–Trinajstić information content (AvgIpc) is 2.84. The lowest BCUT2D eigenvalue weighted by Gasteiger charge is -2.18. The summed E-state index contributed by atoms with van der Waals surface area (Å²) in [5.41, 5.74) is 0. The third kappa shape index (κ3) is 2.67. The lowest BCUT2D eigenvalue weighted by molar-refractivity contribution is 0.215. The van der Waals surface area contributed by atoms with Crippen LogP contribution in [0.1, 0.15) is 33.1 Å². The van der Waals surface area contributed by atoms with E-state index in [-0.39, 0.29) is 6.03 Å². The molecule has 92 valence electrons. The predicted molar refractivity (Wildman–Crippen MR) is 64.4 cm³/mol. The molecule has 4 heteroatoms. The average molecular weight is 225 g/mol. The molecule has 2 amide bonds. The zero-order chi connectivity index (χ0) is 11.5. The van der Waals surface area contributed by atoms with E-state index in [1.165, 1.54) is 12.8 Å². The minimum atomic E-state index is 0.122. The molecule has 2 N–H and O–H groups in total. The van der Waals surface area contributed by atoms with E-state index >= 15 is 0 Å². The Balaban J connectivity index is 1.75. The van der Waals surface area contributed by atoms with Crippen molar-refractivity contribution in [3.05, 3.63) is 0 Å². The smallest absolute Gasteiger partial charge is 0.317 e. The van der Waals surface area contributed by atoms with Gasteiger partial charge in [-0.25, -0.2) is 4.79 Å². The van der Waals surface area contributed by atoms with E-state index in [4.69, 9.17) is 0 Å². The van der Waals surface area contributed by atoms with E-state index in [9.17, 15) is 4.79 Å². The zero-order valence-corrected chi connectivity index (χ0v) is 10.3. The summed E-state index contributed by atoms with van der Waals surface area (Å²) in [7, 11) is 0. The van der Waals surface area contributed by atoms with Crippen molar-refractivity contribution in [1.82, 2.24) is 15.5 Å². The lowest BCUT2D eigenvalue weighted by atomic mass is 10.1. The third-order valence-electron chi connectivity index (χ3n) is 3.73. The molecule has 2 heterocycles. The van der Waals surface area contributed by atoms with Crippen LogP contribution in [0.3, 0.4) is 0 Å². The molecule has 2 atom stereocenters. The van der Waals surface area contributed by atoms with Gasteiger partial charge in [0.15, 0.2) is 0 Å². The van der Waals surface area contributed by atoms with Gasteiger partial charge < -0.3 is 15.5 Å². The van der Waals surface area contributed by atoms with Gasteiger partial charge >= 0.3 is 6.03 Å². The highest BCUT2D eigenvalue weighted by Gasteiger charge is 2.30. The van der Waals surface area contributed by atoms with Crippen LogP contribution in [0.2, 0.25) is 0 Å². The fraction of sp³-hybridized carbons (Fsp3) is 0.917. The van der Waals surface area contributed by atoms with Crippen LogP contribution in [0.4, 0.5) is 4.79 Å². The molecule has 2 unspecified atom stereocenters. The molecule has 0 aromatic carbocycles. The Hall–Kier alpha value is -0.770. The van der Waals surface area contributed by atoms with Gasteiger partial charge in [-0.15, -0.1) is 0 Å². The number of rotatable bonds is 4.